The standard InChI is InChI=1S/C14H20FNO2/c1-2-16(9-3-11-17)10-8-14(18)12-4-6-13(15)7-5-12/h4-7,17H,2-3,8-11H2,1H3. The lowest BCUT2D eigenvalue weighted by Crippen LogP contribution is -2.27. The van der Waals surface area contributed by atoms with Crippen molar-refractivity contribution in [2.45, 2.75) is 19.8 Å². The molecule has 0 saturated heterocycles. The first kappa shape index (κ1) is 14.8. The topological polar surface area (TPSA) is 40.5 Å². The zero-order valence-electron chi connectivity index (χ0n) is 10.7. The van der Waals surface area contributed by atoms with E-state index in [0.29, 0.717) is 18.5 Å². The highest BCUT2D eigenvalue weighted by Crippen LogP contribution is 2.06. The summed E-state index contributed by atoms with van der Waals surface area (Å²) < 4.78 is 12.7. The summed E-state index contributed by atoms with van der Waals surface area (Å²) in [5, 5.41) is 8.76. The van der Waals surface area contributed by atoms with E-state index in [-0.39, 0.29) is 18.2 Å². The van der Waals surface area contributed by atoms with E-state index in [2.05, 4.69) is 4.90 Å². The smallest absolute Gasteiger partial charge is 0.164 e. The zero-order chi connectivity index (χ0) is 13.4. The van der Waals surface area contributed by atoms with Gasteiger partial charge in [-0.05, 0) is 37.2 Å². The highest BCUT2D eigenvalue weighted by atomic mass is 19.1. The molecule has 18 heavy (non-hydrogen) atoms. The Hall–Kier alpha value is -1.26. The number of hydrogen-bond acceptors (Lipinski definition) is 3. The number of rotatable bonds is 8. The second kappa shape index (κ2) is 7.95. The molecule has 0 saturated carbocycles. The number of Topliss-reactive ketones (excluding diaryl/α,β-unsaturated/α-hetero) is 1. The number of carbonyl (C=O) groups is 1. The minimum Gasteiger partial charge on any atom is -0.396 e. The maximum absolute atomic E-state index is 12.7. The van der Waals surface area contributed by atoms with Crippen LogP contribution in [0.25, 0.3) is 0 Å². The summed E-state index contributed by atoms with van der Waals surface area (Å²) in [6.45, 7) is 4.52. The molecule has 1 aromatic rings. The van der Waals surface area contributed by atoms with Gasteiger partial charge in [-0.3, -0.25) is 4.79 Å². The number of nitrogens with zero attached hydrogens (tertiary/aromatic N) is 1. The number of aliphatic hydroxyl groups is 1. The number of halogens is 1. The van der Waals surface area contributed by atoms with Gasteiger partial charge in [0.05, 0.1) is 0 Å². The van der Waals surface area contributed by atoms with Crippen molar-refractivity contribution in [2.24, 2.45) is 0 Å². The first-order chi connectivity index (χ1) is 8.67. The van der Waals surface area contributed by atoms with Crippen molar-refractivity contribution < 1.29 is 14.3 Å². The fourth-order valence-electron chi connectivity index (χ4n) is 1.76. The molecule has 4 heteroatoms. The lowest BCUT2D eigenvalue weighted by atomic mass is 10.1. The van der Waals surface area contributed by atoms with Crippen LogP contribution in [-0.2, 0) is 0 Å². The molecule has 3 nitrogen and oxygen atoms in total. The quantitative estimate of drug-likeness (QED) is 0.721. The van der Waals surface area contributed by atoms with Gasteiger partial charge in [-0.2, -0.15) is 0 Å². The van der Waals surface area contributed by atoms with Crippen molar-refractivity contribution in [1.82, 2.24) is 4.90 Å². The van der Waals surface area contributed by atoms with Gasteiger partial charge in [-0.25, -0.2) is 4.39 Å². The van der Waals surface area contributed by atoms with Crippen molar-refractivity contribution in [2.75, 3.05) is 26.2 Å². The molecule has 0 aromatic heterocycles. The number of benzene rings is 1. The maximum atomic E-state index is 12.7. The Balaban J connectivity index is 2.42. The molecule has 0 aliphatic rings. The number of aliphatic hydroxyl groups excluding tert-OH is 1. The lowest BCUT2D eigenvalue weighted by molar-refractivity contribution is 0.0964. The van der Waals surface area contributed by atoms with Crippen LogP contribution in [0.1, 0.15) is 30.1 Å². The average molecular weight is 253 g/mol. The van der Waals surface area contributed by atoms with E-state index in [1.807, 2.05) is 6.92 Å². The summed E-state index contributed by atoms with van der Waals surface area (Å²) in [7, 11) is 0. The molecule has 0 aliphatic heterocycles. The highest BCUT2D eigenvalue weighted by molar-refractivity contribution is 5.96. The molecule has 1 aromatic carbocycles. The van der Waals surface area contributed by atoms with Gasteiger partial charge in [0, 0.05) is 31.7 Å². The summed E-state index contributed by atoms with van der Waals surface area (Å²) in [4.78, 5) is 14.0. The van der Waals surface area contributed by atoms with Crippen molar-refractivity contribution in [3.05, 3.63) is 35.6 Å². The van der Waals surface area contributed by atoms with Crippen molar-refractivity contribution in [3.63, 3.8) is 0 Å². The zero-order valence-corrected chi connectivity index (χ0v) is 10.7. The van der Waals surface area contributed by atoms with Gasteiger partial charge >= 0.3 is 0 Å². The lowest BCUT2D eigenvalue weighted by Gasteiger charge is -2.19. The first-order valence-electron chi connectivity index (χ1n) is 6.29. The third-order valence-corrected chi connectivity index (χ3v) is 2.90. The molecule has 1 rings (SSSR count). The molecular weight excluding hydrogens is 233 g/mol. The van der Waals surface area contributed by atoms with Crippen molar-refractivity contribution >= 4 is 5.78 Å². The summed E-state index contributed by atoms with van der Waals surface area (Å²) in [5.41, 5.74) is 0.551. The molecule has 1 N–H and O–H groups in total. The normalized spacial score (nSPS) is 10.9. The van der Waals surface area contributed by atoms with E-state index in [0.717, 1.165) is 19.5 Å². The third-order valence-electron chi connectivity index (χ3n) is 2.90. The molecule has 0 radical (unpaired) electrons. The van der Waals surface area contributed by atoms with Gasteiger partial charge in [0.15, 0.2) is 5.78 Å². The Morgan fingerprint density at radius 1 is 1.28 bits per heavy atom. The number of carbonyl (C=O) groups excluding carboxylic acids is 1. The van der Waals surface area contributed by atoms with Crippen molar-refractivity contribution in [1.29, 1.82) is 0 Å². The van der Waals surface area contributed by atoms with E-state index in [9.17, 15) is 9.18 Å². The second-order valence-corrected chi connectivity index (χ2v) is 4.19. The minimum atomic E-state index is -0.329. The Morgan fingerprint density at radius 3 is 2.50 bits per heavy atom. The van der Waals surface area contributed by atoms with E-state index >= 15 is 0 Å². The van der Waals surface area contributed by atoms with E-state index in [1.54, 1.807) is 0 Å². The fourth-order valence-corrected chi connectivity index (χ4v) is 1.76. The summed E-state index contributed by atoms with van der Waals surface area (Å²) in [6.07, 6.45) is 1.14. The summed E-state index contributed by atoms with van der Waals surface area (Å²) in [6, 6.07) is 5.64. The van der Waals surface area contributed by atoms with Crippen LogP contribution in [0.2, 0.25) is 0 Å². The van der Waals surface area contributed by atoms with Crippen LogP contribution in [0.4, 0.5) is 4.39 Å². The van der Waals surface area contributed by atoms with Gasteiger partial charge in [0.2, 0.25) is 0 Å². The van der Waals surface area contributed by atoms with Crippen LogP contribution in [-0.4, -0.2) is 42.0 Å². The molecule has 0 atom stereocenters. The third kappa shape index (κ3) is 4.94. The highest BCUT2D eigenvalue weighted by Gasteiger charge is 2.08. The van der Waals surface area contributed by atoms with E-state index in [4.69, 9.17) is 5.11 Å². The molecule has 0 aliphatic carbocycles. The van der Waals surface area contributed by atoms with Crippen LogP contribution in [0.3, 0.4) is 0 Å². The molecule has 0 heterocycles. The molecule has 0 unspecified atom stereocenters. The fraction of sp³-hybridized carbons (Fsp3) is 0.500. The second-order valence-electron chi connectivity index (χ2n) is 4.19. The van der Waals surface area contributed by atoms with Crippen LogP contribution in [0.15, 0.2) is 24.3 Å². The predicted octanol–water partition coefficient (Wildman–Crippen LogP) is 2.10. The molecule has 0 fully saturated rings. The van der Waals surface area contributed by atoms with Crippen LogP contribution in [0.5, 0.6) is 0 Å². The van der Waals surface area contributed by atoms with Crippen LogP contribution >= 0.6 is 0 Å². The van der Waals surface area contributed by atoms with Gasteiger partial charge in [-0.15, -0.1) is 0 Å². The number of ketones is 1. The molecule has 0 amide bonds. The summed E-state index contributed by atoms with van der Waals surface area (Å²) >= 11 is 0. The van der Waals surface area contributed by atoms with Crippen molar-refractivity contribution in [3.8, 4) is 0 Å². The Labute approximate surface area is 107 Å². The van der Waals surface area contributed by atoms with Gasteiger partial charge in [0.1, 0.15) is 5.82 Å². The monoisotopic (exact) mass is 253 g/mol. The Kier molecular flexibility index (Phi) is 6.54. The first-order valence-corrected chi connectivity index (χ1v) is 6.29. The molecule has 0 spiro atoms. The van der Waals surface area contributed by atoms with E-state index in [1.165, 1.54) is 24.3 Å². The molecular formula is C14H20FNO2. The average Bonchev–Trinajstić information content (AvgIpc) is 2.39. The molecule has 0 bridgehead atoms. The maximum Gasteiger partial charge on any atom is 0.164 e. The van der Waals surface area contributed by atoms with Gasteiger partial charge < -0.3 is 10.0 Å². The molecule has 100 valence electrons. The minimum absolute atomic E-state index is 0.0254. The largest absolute Gasteiger partial charge is 0.396 e. The van der Waals surface area contributed by atoms with Gasteiger partial charge in [-0.1, -0.05) is 6.92 Å². The predicted molar refractivity (Wildman–Crippen MR) is 69.2 cm³/mol. The summed E-state index contributed by atoms with van der Waals surface area (Å²) in [5.74, 6) is -0.304. The Bertz CT molecular complexity index is 365. The SMILES string of the molecule is CCN(CCCO)CCC(=O)c1ccc(F)cc1. The van der Waals surface area contributed by atoms with Gasteiger partial charge in [0.25, 0.3) is 0 Å². The van der Waals surface area contributed by atoms with E-state index < -0.39 is 0 Å². The Morgan fingerprint density at radius 2 is 1.94 bits per heavy atom. The van der Waals surface area contributed by atoms with Crippen LogP contribution < -0.4 is 0 Å². The number of hydrogen-bond donors (Lipinski definition) is 1. The van der Waals surface area contributed by atoms with Crippen LogP contribution in [0, 0.1) is 5.82 Å².